The molecule has 0 aromatic heterocycles. The number of rotatable bonds is 7. The first-order chi connectivity index (χ1) is 9.84. The smallest absolute Gasteiger partial charge is 0.337 e. The molecular formula is C13H18N2O5S. The van der Waals surface area contributed by atoms with Crippen LogP contribution in [0.15, 0.2) is 29.2 Å². The summed E-state index contributed by atoms with van der Waals surface area (Å²) in [5.41, 5.74) is -0.310. The molecule has 0 atom stereocenters. The van der Waals surface area contributed by atoms with E-state index in [-0.39, 0.29) is 23.5 Å². The zero-order valence-corrected chi connectivity index (χ0v) is 12.7. The maximum absolute atomic E-state index is 12.6. The fraction of sp³-hybridized carbons (Fsp3) is 0.385. The minimum absolute atomic E-state index is 0.129. The lowest BCUT2D eigenvalue weighted by molar-refractivity contribution is -0.120. The van der Waals surface area contributed by atoms with Gasteiger partial charge in [0.05, 0.1) is 17.0 Å². The number of benzene rings is 1. The van der Waals surface area contributed by atoms with E-state index in [0.717, 1.165) is 4.31 Å². The summed E-state index contributed by atoms with van der Waals surface area (Å²) in [4.78, 5) is 22.3. The Morgan fingerprint density at radius 2 is 1.90 bits per heavy atom. The van der Waals surface area contributed by atoms with Crippen LogP contribution in [-0.4, -0.2) is 49.8 Å². The van der Waals surface area contributed by atoms with Crippen molar-refractivity contribution in [2.24, 2.45) is 0 Å². The number of aromatic carboxylic acids is 1. The third kappa shape index (κ3) is 4.02. The van der Waals surface area contributed by atoms with Crippen LogP contribution in [0.3, 0.4) is 0 Å². The molecule has 8 heteroatoms. The average molecular weight is 314 g/mol. The Morgan fingerprint density at radius 3 is 2.43 bits per heavy atom. The first-order valence-corrected chi connectivity index (χ1v) is 7.81. The van der Waals surface area contributed by atoms with Crippen LogP contribution in [0.5, 0.6) is 0 Å². The molecule has 0 aliphatic heterocycles. The Kier molecular flexibility index (Phi) is 5.86. The van der Waals surface area contributed by atoms with Crippen LogP contribution >= 0.6 is 0 Å². The summed E-state index contributed by atoms with van der Waals surface area (Å²) in [6, 6.07) is 5.35. The number of nitrogens with one attached hydrogen (secondary N) is 1. The molecule has 1 aromatic carbocycles. The van der Waals surface area contributed by atoms with Crippen molar-refractivity contribution < 1.29 is 23.1 Å². The van der Waals surface area contributed by atoms with Crippen molar-refractivity contribution in [2.45, 2.75) is 18.2 Å². The standard InChI is InChI=1S/C13H18N2O5S/c1-3-8-15(9-12(16)14-2)21(19,20)11-7-5-4-6-10(11)13(17)18/h4-7H,3,8-9H2,1-2H3,(H,14,16)(H,17,18). The van der Waals surface area contributed by atoms with Gasteiger partial charge in [0.15, 0.2) is 0 Å². The fourth-order valence-corrected chi connectivity index (χ4v) is 3.45. The lowest BCUT2D eigenvalue weighted by atomic mass is 10.2. The molecular weight excluding hydrogens is 296 g/mol. The maximum Gasteiger partial charge on any atom is 0.337 e. The zero-order chi connectivity index (χ0) is 16.0. The van der Waals surface area contributed by atoms with E-state index in [0.29, 0.717) is 6.42 Å². The summed E-state index contributed by atoms with van der Waals surface area (Å²) in [5.74, 6) is -1.79. The van der Waals surface area contributed by atoms with Gasteiger partial charge in [-0.1, -0.05) is 19.1 Å². The summed E-state index contributed by atoms with van der Waals surface area (Å²) in [7, 11) is -2.65. The highest BCUT2D eigenvalue weighted by Gasteiger charge is 2.29. The van der Waals surface area contributed by atoms with Gasteiger partial charge in [-0.05, 0) is 18.6 Å². The quantitative estimate of drug-likeness (QED) is 0.764. The molecule has 0 spiro atoms. The van der Waals surface area contributed by atoms with Crippen LogP contribution in [0.25, 0.3) is 0 Å². The lowest BCUT2D eigenvalue weighted by Crippen LogP contribution is -2.40. The highest BCUT2D eigenvalue weighted by Crippen LogP contribution is 2.20. The van der Waals surface area contributed by atoms with Gasteiger partial charge < -0.3 is 10.4 Å². The van der Waals surface area contributed by atoms with Crippen LogP contribution in [0, 0.1) is 0 Å². The van der Waals surface area contributed by atoms with Gasteiger partial charge in [0.2, 0.25) is 15.9 Å². The average Bonchev–Trinajstić information content (AvgIpc) is 2.46. The Bertz CT molecular complexity index is 627. The normalized spacial score (nSPS) is 11.4. The summed E-state index contributed by atoms with van der Waals surface area (Å²) >= 11 is 0. The van der Waals surface area contributed by atoms with E-state index in [1.807, 2.05) is 0 Å². The van der Waals surface area contributed by atoms with Crippen LogP contribution in [0.2, 0.25) is 0 Å². The molecule has 2 N–H and O–H groups in total. The molecule has 0 aliphatic carbocycles. The van der Waals surface area contributed by atoms with Crippen molar-refractivity contribution in [3.8, 4) is 0 Å². The summed E-state index contributed by atoms with van der Waals surface area (Å²) in [6.07, 6.45) is 0.505. The molecule has 0 heterocycles. The number of nitrogens with zero attached hydrogens (tertiary/aromatic N) is 1. The van der Waals surface area contributed by atoms with E-state index in [4.69, 9.17) is 5.11 Å². The molecule has 1 rings (SSSR count). The van der Waals surface area contributed by atoms with Gasteiger partial charge in [0, 0.05) is 13.6 Å². The van der Waals surface area contributed by atoms with Crippen molar-refractivity contribution in [3.63, 3.8) is 0 Å². The minimum atomic E-state index is -4.05. The topological polar surface area (TPSA) is 104 Å². The van der Waals surface area contributed by atoms with E-state index >= 15 is 0 Å². The van der Waals surface area contributed by atoms with Gasteiger partial charge >= 0.3 is 5.97 Å². The summed E-state index contributed by atoms with van der Waals surface area (Å²) < 4.78 is 26.1. The van der Waals surface area contributed by atoms with Gasteiger partial charge in [0.25, 0.3) is 0 Å². The number of carbonyl (C=O) groups excluding carboxylic acids is 1. The second kappa shape index (κ2) is 7.19. The monoisotopic (exact) mass is 314 g/mol. The summed E-state index contributed by atoms with van der Waals surface area (Å²) in [5, 5.41) is 11.5. The molecule has 21 heavy (non-hydrogen) atoms. The number of carboxylic acid groups (broad SMARTS) is 1. The van der Waals surface area contributed by atoms with E-state index < -0.39 is 21.9 Å². The van der Waals surface area contributed by atoms with Crippen LogP contribution in [-0.2, 0) is 14.8 Å². The van der Waals surface area contributed by atoms with Crippen molar-refractivity contribution in [1.29, 1.82) is 0 Å². The molecule has 116 valence electrons. The fourth-order valence-electron chi connectivity index (χ4n) is 1.78. The third-order valence-corrected chi connectivity index (χ3v) is 4.71. The highest BCUT2D eigenvalue weighted by atomic mass is 32.2. The second-order valence-corrected chi connectivity index (χ2v) is 6.22. The minimum Gasteiger partial charge on any atom is -0.478 e. The predicted octanol–water partition coefficient (Wildman–Crippen LogP) is 0.531. The predicted molar refractivity (Wildman–Crippen MR) is 76.5 cm³/mol. The van der Waals surface area contributed by atoms with Crippen molar-refractivity contribution >= 4 is 21.9 Å². The molecule has 0 fully saturated rings. The van der Waals surface area contributed by atoms with Gasteiger partial charge in [-0.2, -0.15) is 4.31 Å². The molecule has 1 amide bonds. The molecule has 0 unspecified atom stereocenters. The maximum atomic E-state index is 12.6. The highest BCUT2D eigenvalue weighted by molar-refractivity contribution is 7.89. The number of carboxylic acids is 1. The van der Waals surface area contributed by atoms with Crippen LogP contribution in [0.1, 0.15) is 23.7 Å². The first kappa shape index (κ1) is 17.1. The van der Waals surface area contributed by atoms with Crippen molar-refractivity contribution in [1.82, 2.24) is 9.62 Å². The van der Waals surface area contributed by atoms with E-state index in [9.17, 15) is 18.0 Å². The number of carbonyl (C=O) groups is 2. The SMILES string of the molecule is CCCN(CC(=O)NC)S(=O)(=O)c1ccccc1C(=O)O. The number of sulfonamides is 1. The lowest BCUT2D eigenvalue weighted by Gasteiger charge is -2.21. The number of likely N-dealkylation sites (N-methyl/N-ethyl adjacent to an activating group) is 1. The van der Waals surface area contributed by atoms with E-state index in [2.05, 4.69) is 5.32 Å². The Labute approximate surface area is 123 Å². The Balaban J connectivity index is 3.29. The molecule has 0 radical (unpaired) electrons. The number of hydrogen-bond donors (Lipinski definition) is 2. The van der Waals surface area contributed by atoms with Crippen molar-refractivity contribution in [2.75, 3.05) is 20.1 Å². The largest absolute Gasteiger partial charge is 0.478 e. The van der Waals surface area contributed by atoms with Gasteiger partial charge in [0.1, 0.15) is 0 Å². The second-order valence-electron chi connectivity index (χ2n) is 4.31. The van der Waals surface area contributed by atoms with Gasteiger partial charge in [-0.25, -0.2) is 13.2 Å². The van der Waals surface area contributed by atoms with Gasteiger partial charge in [-0.3, -0.25) is 4.79 Å². The van der Waals surface area contributed by atoms with Crippen LogP contribution in [0.4, 0.5) is 0 Å². The first-order valence-electron chi connectivity index (χ1n) is 6.37. The Morgan fingerprint density at radius 1 is 1.29 bits per heavy atom. The molecule has 7 nitrogen and oxygen atoms in total. The number of hydrogen-bond acceptors (Lipinski definition) is 4. The molecule has 1 aromatic rings. The Hall–Kier alpha value is -1.93. The molecule has 0 bridgehead atoms. The third-order valence-electron chi connectivity index (χ3n) is 2.81. The summed E-state index contributed by atoms with van der Waals surface area (Å²) in [6.45, 7) is 1.56. The number of amides is 1. The van der Waals surface area contributed by atoms with Gasteiger partial charge in [-0.15, -0.1) is 0 Å². The van der Waals surface area contributed by atoms with E-state index in [1.165, 1.54) is 31.3 Å². The molecule has 0 saturated carbocycles. The zero-order valence-electron chi connectivity index (χ0n) is 11.9. The van der Waals surface area contributed by atoms with Crippen molar-refractivity contribution in [3.05, 3.63) is 29.8 Å². The molecule has 0 aliphatic rings. The molecule has 0 saturated heterocycles. The van der Waals surface area contributed by atoms with Crippen LogP contribution < -0.4 is 5.32 Å². The van der Waals surface area contributed by atoms with E-state index in [1.54, 1.807) is 6.92 Å².